The number of nitrogens with zero attached hydrogens (tertiary/aromatic N) is 2. The summed E-state index contributed by atoms with van der Waals surface area (Å²) in [6.07, 6.45) is 0. The van der Waals surface area contributed by atoms with Crippen LogP contribution in [0, 0.1) is 6.92 Å². The third-order valence-electron chi connectivity index (χ3n) is 3.50. The number of hydrogen-bond donors (Lipinski definition) is 1. The lowest BCUT2D eigenvalue weighted by Gasteiger charge is -2.21. The minimum atomic E-state index is -0.472. The number of amides is 1. The molecule has 0 saturated carbocycles. The second-order valence-corrected chi connectivity index (χ2v) is 7.07. The highest BCUT2D eigenvalue weighted by atomic mass is 35.5. The van der Waals surface area contributed by atoms with Gasteiger partial charge in [-0.05, 0) is 43.7 Å². The Morgan fingerprint density at radius 2 is 2.08 bits per heavy atom. The number of aromatic nitrogens is 1. The minimum Gasteiger partial charge on any atom is -0.431 e. The molecule has 3 rings (SSSR count). The fraction of sp³-hybridized carbons (Fsp3) is 0.176. The van der Waals surface area contributed by atoms with Crippen molar-refractivity contribution in [1.29, 1.82) is 0 Å². The van der Waals surface area contributed by atoms with Crippen LogP contribution in [0.1, 0.15) is 12.5 Å². The van der Waals surface area contributed by atoms with E-state index < -0.39 is 5.25 Å². The molecule has 1 heterocycles. The molecule has 5 nitrogen and oxygen atoms in total. The van der Waals surface area contributed by atoms with E-state index in [1.165, 1.54) is 11.8 Å². The van der Waals surface area contributed by atoms with E-state index in [0.717, 1.165) is 16.1 Å². The molecule has 7 heteroatoms. The highest BCUT2D eigenvalue weighted by Crippen LogP contribution is 2.30. The van der Waals surface area contributed by atoms with Crippen molar-refractivity contribution < 1.29 is 9.21 Å². The number of nitrogens with two attached hydrogens (primary N) is 1. The minimum absolute atomic E-state index is 0.284. The van der Waals surface area contributed by atoms with Gasteiger partial charge in [-0.3, -0.25) is 4.79 Å². The number of anilines is 1. The second kappa shape index (κ2) is 6.84. The molecule has 0 fully saturated rings. The van der Waals surface area contributed by atoms with Crippen molar-refractivity contribution in [3.8, 4) is 0 Å². The zero-order valence-electron chi connectivity index (χ0n) is 13.2. The van der Waals surface area contributed by atoms with Crippen molar-refractivity contribution in [3.63, 3.8) is 0 Å². The summed E-state index contributed by atoms with van der Waals surface area (Å²) in [7, 11) is 0. The zero-order chi connectivity index (χ0) is 17.3. The van der Waals surface area contributed by atoms with Gasteiger partial charge in [0.1, 0.15) is 5.52 Å². The van der Waals surface area contributed by atoms with Crippen molar-refractivity contribution in [1.82, 2.24) is 4.98 Å². The van der Waals surface area contributed by atoms with Gasteiger partial charge in [0, 0.05) is 0 Å². The lowest BCUT2D eigenvalue weighted by Crippen LogP contribution is -2.42. The third-order valence-corrected chi connectivity index (χ3v) is 4.73. The van der Waals surface area contributed by atoms with E-state index in [1.54, 1.807) is 19.1 Å². The van der Waals surface area contributed by atoms with Crippen LogP contribution in [0.5, 0.6) is 0 Å². The molecule has 0 bridgehead atoms. The number of oxazole rings is 1. The van der Waals surface area contributed by atoms with Gasteiger partial charge < -0.3 is 4.42 Å². The molecule has 1 unspecified atom stereocenters. The number of para-hydroxylation sites is 2. The monoisotopic (exact) mass is 361 g/mol. The van der Waals surface area contributed by atoms with Gasteiger partial charge >= 0.3 is 0 Å². The summed E-state index contributed by atoms with van der Waals surface area (Å²) < 4.78 is 5.63. The van der Waals surface area contributed by atoms with Crippen molar-refractivity contribution in [2.75, 3.05) is 5.01 Å². The lowest BCUT2D eigenvalue weighted by molar-refractivity contribution is -0.117. The first-order valence-electron chi connectivity index (χ1n) is 7.33. The number of hydrogen-bond acceptors (Lipinski definition) is 5. The van der Waals surface area contributed by atoms with Gasteiger partial charge in [-0.15, -0.1) is 0 Å². The molecular weight excluding hydrogens is 346 g/mol. The number of hydrazine groups is 1. The Kier molecular flexibility index (Phi) is 4.80. The van der Waals surface area contributed by atoms with Crippen LogP contribution in [0.25, 0.3) is 11.1 Å². The summed E-state index contributed by atoms with van der Waals surface area (Å²) in [6.45, 7) is 3.67. The lowest BCUT2D eigenvalue weighted by atomic mass is 10.2. The Balaban J connectivity index is 1.76. The van der Waals surface area contributed by atoms with Gasteiger partial charge in [0.15, 0.2) is 5.58 Å². The molecule has 0 spiro atoms. The average molecular weight is 362 g/mol. The molecular formula is C17H16ClN3O2S. The number of halogens is 1. The fourth-order valence-electron chi connectivity index (χ4n) is 2.22. The van der Waals surface area contributed by atoms with Gasteiger partial charge in [-0.1, -0.05) is 41.6 Å². The maximum atomic E-state index is 12.6. The Bertz CT molecular complexity index is 863. The van der Waals surface area contributed by atoms with Crippen LogP contribution in [-0.2, 0) is 4.79 Å². The third kappa shape index (κ3) is 3.40. The molecule has 0 radical (unpaired) electrons. The fourth-order valence-corrected chi connectivity index (χ4v) is 3.36. The van der Waals surface area contributed by atoms with Crippen LogP contribution in [0.15, 0.2) is 52.1 Å². The van der Waals surface area contributed by atoms with Crippen LogP contribution < -0.4 is 10.9 Å². The Hall–Kier alpha value is -2.02. The zero-order valence-corrected chi connectivity index (χ0v) is 14.8. The van der Waals surface area contributed by atoms with Crippen molar-refractivity contribution >= 4 is 46.1 Å². The quantitative estimate of drug-likeness (QED) is 0.326. The van der Waals surface area contributed by atoms with Gasteiger partial charge in [0.2, 0.25) is 0 Å². The molecule has 24 heavy (non-hydrogen) atoms. The van der Waals surface area contributed by atoms with E-state index in [9.17, 15) is 4.79 Å². The first kappa shape index (κ1) is 16.8. The van der Waals surface area contributed by atoms with Gasteiger partial charge in [0.05, 0.1) is 16.0 Å². The van der Waals surface area contributed by atoms with Crippen LogP contribution in [-0.4, -0.2) is 16.1 Å². The molecule has 0 aliphatic rings. The average Bonchev–Trinajstić information content (AvgIpc) is 2.95. The van der Waals surface area contributed by atoms with E-state index in [1.807, 2.05) is 37.3 Å². The summed E-state index contributed by atoms with van der Waals surface area (Å²) in [4.78, 5) is 16.9. The summed E-state index contributed by atoms with van der Waals surface area (Å²) in [5.41, 5.74) is 2.91. The normalized spacial score (nSPS) is 12.3. The number of fused-ring (bicyclic) bond motifs is 1. The standard InChI is InChI=1S/C17H16ClN3O2S/c1-10-7-8-14(12(18)9-10)21(19)16(22)11(2)24-17-20-13-5-3-4-6-15(13)23-17/h3-9,11H,19H2,1-2H3. The summed E-state index contributed by atoms with van der Waals surface area (Å²) >= 11 is 7.39. The summed E-state index contributed by atoms with van der Waals surface area (Å²) in [5.74, 6) is 5.67. The molecule has 0 aliphatic heterocycles. The smallest absolute Gasteiger partial charge is 0.257 e. The summed E-state index contributed by atoms with van der Waals surface area (Å²) in [6, 6.07) is 12.8. The Labute approximate surface area is 148 Å². The first-order chi connectivity index (χ1) is 11.5. The number of rotatable bonds is 4. The Morgan fingerprint density at radius 3 is 2.79 bits per heavy atom. The first-order valence-corrected chi connectivity index (χ1v) is 8.58. The summed E-state index contributed by atoms with van der Waals surface area (Å²) in [5, 5.41) is 1.47. The number of carbonyl (C=O) groups is 1. The molecule has 2 aromatic carbocycles. The van der Waals surface area contributed by atoms with Crippen LogP contribution in [0.2, 0.25) is 5.02 Å². The molecule has 1 atom stereocenters. The van der Waals surface area contributed by atoms with Crippen molar-refractivity contribution in [2.24, 2.45) is 5.84 Å². The Morgan fingerprint density at radius 1 is 1.33 bits per heavy atom. The maximum absolute atomic E-state index is 12.6. The SMILES string of the molecule is Cc1ccc(N(N)C(=O)C(C)Sc2nc3ccccc3o2)c(Cl)c1. The predicted molar refractivity (Wildman–Crippen MR) is 97.2 cm³/mol. The van der Waals surface area contributed by atoms with E-state index in [4.69, 9.17) is 21.9 Å². The number of carbonyl (C=O) groups excluding carboxylic acids is 1. The number of thioether (sulfide) groups is 1. The van der Waals surface area contributed by atoms with E-state index in [2.05, 4.69) is 4.98 Å². The molecule has 0 aliphatic carbocycles. The van der Waals surface area contributed by atoms with Crippen molar-refractivity contribution in [3.05, 3.63) is 53.1 Å². The topological polar surface area (TPSA) is 72.4 Å². The van der Waals surface area contributed by atoms with E-state index >= 15 is 0 Å². The van der Waals surface area contributed by atoms with E-state index in [-0.39, 0.29) is 5.91 Å². The van der Waals surface area contributed by atoms with Crippen LogP contribution >= 0.6 is 23.4 Å². The highest BCUT2D eigenvalue weighted by molar-refractivity contribution is 8.00. The van der Waals surface area contributed by atoms with Gasteiger partial charge in [-0.25, -0.2) is 15.8 Å². The van der Waals surface area contributed by atoms with Crippen LogP contribution in [0.4, 0.5) is 5.69 Å². The molecule has 3 aromatic rings. The molecule has 1 amide bonds. The molecule has 124 valence electrons. The maximum Gasteiger partial charge on any atom is 0.257 e. The van der Waals surface area contributed by atoms with E-state index in [0.29, 0.717) is 21.5 Å². The van der Waals surface area contributed by atoms with Crippen LogP contribution in [0.3, 0.4) is 0 Å². The van der Waals surface area contributed by atoms with Crippen molar-refractivity contribution in [2.45, 2.75) is 24.3 Å². The predicted octanol–water partition coefficient (Wildman–Crippen LogP) is 4.18. The number of aryl methyl sites for hydroxylation is 1. The second-order valence-electron chi connectivity index (χ2n) is 5.37. The number of benzene rings is 2. The molecule has 2 N–H and O–H groups in total. The van der Waals surface area contributed by atoms with Gasteiger partial charge in [0.25, 0.3) is 11.1 Å². The molecule has 1 aromatic heterocycles. The largest absolute Gasteiger partial charge is 0.431 e. The molecule has 0 saturated heterocycles. The highest BCUT2D eigenvalue weighted by Gasteiger charge is 2.24. The van der Waals surface area contributed by atoms with Gasteiger partial charge in [-0.2, -0.15) is 0 Å².